The summed E-state index contributed by atoms with van der Waals surface area (Å²) < 4.78 is 0. The fourth-order valence-corrected chi connectivity index (χ4v) is 3.28. The van der Waals surface area contributed by atoms with Crippen molar-refractivity contribution in [2.24, 2.45) is 23.3 Å². The summed E-state index contributed by atoms with van der Waals surface area (Å²) in [6, 6.07) is -0.719. The summed E-state index contributed by atoms with van der Waals surface area (Å²) in [5.41, 5.74) is 11.0. The second-order valence-electron chi connectivity index (χ2n) is 5.55. The molecule has 0 aromatic rings. The molecule has 0 radical (unpaired) electrons. The summed E-state index contributed by atoms with van der Waals surface area (Å²) in [6.45, 7) is 1.35. The molecule has 2 amide bonds. The molecule has 6 heteroatoms. The molecule has 4 N–H and O–H groups in total. The van der Waals surface area contributed by atoms with E-state index in [1.54, 1.807) is 0 Å². The zero-order chi connectivity index (χ0) is 13.1. The number of hydrogen-bond acceptors (Lipinski definition) is 3. The first-order chi connectivity index (χ1) is 8.63. The van der Waals surface area contributed by atoms with Gasteiger partial charge in [0.1, 0.15) is 0 Å². The summed E-state index contributed by atoms with van der Waals surface area (Å²) >= 11 is 0. The van der Waals surface area contributed by atoms with Crippen LogP contribution in [-0.2, 0) is 4.79 Å². The van der Waals surface area contributed by atoms with Gasteiger partial charge in [-0.15, -0.1) is 12.4 Å². The number of urea groups is 1. The Bertz CT molecular complexity index is 330. The van der Waals surface area contributed by atoms with E-state index < -0.39 is 6.03 Å². The van der Waals surface area contributed by atoms with Crippen LogP contribution in [0.25, 0.3) is 0 Å². The van der Waals surface area contributed by atoms with E-state index in [2.05, 4.69) is 0 Å². The molecule has 2 fully saturated rings. The third-order valence-electron chi connectivity index (χ3n) is 4.45. The molecule has 1 saturated heterocycles. The number of carbonyl (C=O) groups is 2. The predicted molar refractivity (Wildman–Crippen MR) is 76.1 cm³/mol. The standard InChI is InChI=1S/C13H23N3O2.ClH/c14-8-9-3-5-10(6-4-9)12(17)11-2-1-7-16(11)13(15)18;/h9-11H,1-8,14H2,(H2,15,18);1H. The van der Waals surface area contributed by atoms with Gasteiger partial charge in [0, 0.05) is 12.5 Å². The summed E-state index contributed by atoms with van der Waals surface area (Å²) in [5.74, 6) is 0.907. The van der Waals surface area contributed by atoms with Gasteiger partial charge in [0.2, 0.25) is 0 Å². The summed E-state index contributed by atoms with van der Waals surface area (Å²) in [4.78, 5) is 25.2. The average Bonchev–Trinajstić information content (AvgIpc) is 2.87. The Balaban J connectivity index is 0.00000180. The summed E-state index contributed by atoms with van der Waals surface area (Å²) in [5, 5.41) is 0. The molecule has 1 saturated carbocycles. The van der Waals surface area contributed by atoms with Crippen LogP contribution in [0.5, 0.6) is 0 Å². The summed E-state index contributed by atoms with van der Waals surface area (Å²) in [7, 11) is 0. The number of carbonyl (C=O) groups excluding carboxylic acids is 2. The van der Waals surface area contributed by atoms with Crippen molar-refractivity contribution in [2.45, 2.75) is 44.6 Å². The Kier molecular flexibility index (Phi) is 6.07. The molecule has 0 aromatic carbocycles. The zero-order valence-electron chi connectivity index (χ0n) is 11.2. The SMILES string of the molecule is Cl.NCC1CCC(C(=O)C2CCCN2C(N)=O)CC1. The van der Waals surface area contributed by atoms with Crippen molar-refractivity contribution in [3.63, 3.8) is 0 Å². The molecule has 1 unspecified atom stereocenters. The maximum absolute atomic E-state index is 12.4. The lowest BCUT2D eigenvalue weighted by molar-refractivity contribution is -0.127. The average molecular weight is 290 g/mol. The molecular formula is C13H24ClN3O2. The molecule has 1 heterocycles. The number of Topliss-reactive ketones (excluding diaryl/α,β-unsaturated/α-hetero) is 1. The van der Waals surface area contributed by atoms with E-state index >= 15 is 0 Å². The van der Waals surface area contributed by atoms with E-state index in [1.165, 1.54) is 4.90 Å². The molecule has 19 heavy (non-hydrogen) atoms. The molecule has 110 valence electrons. The number of hydrogen-bond donors (Lipinski definition) is 2. The smallest absolute Gasteiger partial charge is 0.315 e. The van der Waals surface area contributed by atoms with Gasteiger partial charge in [-0.05, 0) is 51.0 Å². The molecule has 1 aliphatic carbocycles. The fourth-order valence-electron chi connectivity index (χ4n) is 3.28. The highest BCUT2D eigenvalue weighted by Crippen LogP contribution is 2.32. The molecule has 2 aliphatic rings. The molecule has 0 bridgehead atoms. The number of likely N-dealkylation sites (tertiary alicyclic amines) is 1. The molecule has 5 nitrogen and oxygen atoms in total. The van der Waals surface area contributed by atoms with Crippen LogP contribution in [-0.4, -0.2) is 35.8 Å². The maximum atomic E-state index is 12.4. The van der Waals surface area contributed by atoms with Crippen LogP contribution in [0.3, 0.4) is 0 Å². The Labute approximate surface area is 120 Å². The van der Waals surface area contributed by atoms with Crippen molar-refractivity contribution in [2.75, 3.05) is 13.1 Å². The number of nitrogens with zero attached hydrogens (tertiary/aromatic N) is 1. The normalized spacial score (nSPS) is 30.8. The topological polar surface area (TPSA) is 89.4 Å². The Morgan fingerprint density at radius 2 is 1.74 bits per heavy atom. The fraction of sp³-hybridized carbons (Fsp3) is 0.846. The van der Waals surface area contributed by atoms with Gasteiger partial charge in [-0.3, -0.25) is 4.79 Å². The second-order valence-corrected chi connectivity index (χ2v) is 5.55. The molecule has 1 atom stereocenters. The van der Waals surface area contributed by atoms with Crippen LogP contribution in [0.1, 0.15) is 38.5 Å². The zero-order valence-corrected chi connectivity index (χ0v) is 12.0. The molecule has 0 aromatic heterocycles. The lowest BCUT2D eigenvalue weighted by Gasteiger charge is -2.30. The lowest BCUT2D eigenvalue weighted by atomic mass is 9.78. The van der Waals surface area contributed by atoms with E-state index in [-0.39, 0.29) is 30.2 Å². The quantitative estimate of drug-likeness (QED) is 0.820. The van der Waals surface area contributed by atoms with Gasteiger partial charge in [0.15, 0.2) is 5.78 Å². The first-order valence-electron chi connectivity index (χ1n) is 6.93. The van der Waals surface area contributed by atoms with E-state index in [0.717, 1.165) is 45.1 Å². The van der Waals surface area contributed by atoms with Crippen molar-refractivity contribution in [1.29, 1.82) is 0 Å². The first-order valence-corrected chi connectivity index (χ1v) is 6.93. The highest BCUT2D eigenvalue weighted by molar-refractivity contribution is 5.90. The van der Waals surface area contributed by atoms with Gasteiger partial charge in [-0.1, -0.05) is 0 Å². The minimum absolute atomic E-state index is 0. The van der Waals surface area contributed by atoms with Crippen LogP contribution < -0.4 is 11.5 Å². The van der Waals surface area contributed by atoms with E-state index in [4.69, 9.17) is 11.5 Å². The van der Waals surface area contributed by atoms with Gasteiger partial charge in [-0.2, -0.15) is 0 Å². The number of primary amides is 1. The highest BCUT2D eigenvalue weighted by atomic mass is 35.5. The third-order valence-corrected chi connectivity index (χ3v) is 4.45. The van der Waals surface area contributed by atoms with Crippen LogP contribution in [0.4, 0.5) is 4.79 Å². The van der Waals surface area contributed by atoms with Crippen molar-refractivity contribution < 1.29 is 9.59 Å². The van der Waals surface area contributed by atoms with Crippen LogP contribution in [0.15, 0.2) is 0 Å². The van der Waals surface area contributed by atoms with Gasteiger partial charge >= 0.3 is 6.03 Å². The van der Waals surface area contributed by atoms with Gasteiger partial charge < -0.3 is 16.4 Å². The van der Waals surface area contributed by atoms with Gasteiger partial charge in [0.25, 0.3) is 0 Å². The lowest BCUT2D eigenvalue weighted by Crippen LogP contribution is -2.46. The molecule has 0 spiro atoms. The molecule has 2 rings (SSSR count). The number of rotatable bonds is 3. The Morgan fingerprint density at radius 3 is 2.26 bits per heavy atom. The van der Waals surface area contributed by atoms with Crippen LogP contribution >= 0.6 is 12.4 Å². The van der Waals surface area contributed by atoms with Gasteiger partial charge in [-0.25, -0.2) is 4.79 Å². The minimum atomic E-state index is -0.457. The van der Waals surface area contributed by atoms with E-state index in [0.29, 0.717) is 12.5 Å². The summed E-state index contributed by atoms with van der Waals surface area (Å²) in [6.07, 6.45) is 5.58. The number of halogens is 1. The van der Waals surface area contributed by atoms with E-state index in [9.17, 15) is 9.59 Å². The minimum Gasteiger partial charge on any atom is -0.351 e. The largest absolute Gasteiger partial charge is 0.351 e. The van der Waals surface area contributed by atoms with Crippen molar-refractivity contribution in [1.82, 2.24) is 4.90 Å². The predicted octanol–water partition coefficient (Wildman–Crippen LogP) is 1.29. The second kappa shape index (κ2) is 7.10. The number of amides is 2. The number of ketones is 1. The molecular weight excluding hydrogens is 266 g/mol. The maximum Gasteiger partial charge on any atom is 0.315 e. The van der Waals surface area contributed by atoms with Gasteiger partial charge in [0.05, 0.1) is 6.04 Å². The van der Waals surface area contributed by atoms with E-state index in [1.807, 2.05) is 0 Å². The van der Waals surface area contributed by atoms with Crippen molar-refractivity contribution >= 4 is 24.2 Å². The van der Waals surface area contributed by atoms with Crippen molar-refractivity contribution in [3.8, 4) is 0 Å². The molecule has 1 aliphatic heterocycles. The highest BCUT2D eigenvalue weighted by Gasteiger charge is 2.37. The monoisotopic (exact) mass is 289 g/mol. The van der Waals surface area contributed by atoms with Crippen LogP contribution in [0, 0.1) is 11.8 Å². The Morgan fingerprint density at radius 1 is 1.11 bits per heavy atom. The van der Waals surface area contributed by atoms with Crippen molar-refractivity contribution in [3.05, 3.63) is 0 Å². The third kappa shape index (κ3) is 3.60. The number of nitrogens with two attached hydrogens (primary N) is 2. The Hall–Kier alpha value is -0.810. The first kappa shape index (κ1) is 16.2. The van der Waals surface area contributed by atoms with Crippen LogP contribution in [0.2, 0.25) is 0 Å².